The molecule has 1 aliphatic carbocycles. The Bertz CT molecular complexity index is 349. The van der Waals surface area contributed by atoms with Gasteiger partial charge in [-0.05, 0) is 12.5 Å². The Morgan fingerprint density at radius 2 is 2.21 bits per heavy atom. The van der Waals surface area contributed by atoms with Crippen LogP contribution in [0, 0.1) is 17.2 Å². The number of halogens is 3. The van der Waals surface area contributed by atoms with E-state index in [1.165, 1.54) is 6.08 Å². The first-order valence-corrected chi connectivity index (χ1v) is 4.07. The van der Waals surface area contributed by atoms with Crippen LogP contribution < -0.4 is 0 Å². The zero-order chi connectivity index (χ0) is 10.8. The maximum Gasteiger partial charge on any atom is 0.414 e. The molecule has 1 atom stereocenters. The predicted octanol–water partition coefficient (Wildman–Crippen LogP) is 2.63. The minimum Gasteiger partial charge on any atom is -0.198 e. The van der Waals surface area contributed by atoms with E-state index >= 15 is 0 Å². The molecule has 0 N–H and O–H groups in total. The summed E-state index contributed by atoms with van der Waals surface area (Å²) in [7, 11) is 0. The van der Waals surface area contributed by atoms with Crippen molar-refractivity contribution >= 4 is 12.4 Å². The Hall–Kier alpha value is -1.22. The molecule has 1 aliphatic rings. The van der Waals surface area contributed by atoms with Gasteiger partial charge in [0.05, 0.1) is 23.3 Å². The summed E-state index contributed by atoms with van der Waals surface area (Å²) in [6, 6.07) is 1.60. The lowest BCUT2D eigenvalue weighted by Gasteiger charge is -2.18. The van der Waals surface area contributed by atoms with Crippen LogP contribution >= 0.6 is 0 Å². The average molecular weight is 218 g/mol. The third-order valence-electron chi connectivity index (χ3n) is 1.83. The van der Waals surface area contributed by atoms with Crippen LogP contribution in [0.1, 0.15) is 6.42 Å². The second kappa shape index (κ2) is 3.88. The molecule has 1 unspecified atom stereocenters. The monoisotopic (exact) mass is 218 g/mol. The summed E-state index contributed by atoms with van der Waals surface area (Å²) < 4.78 is 40.3. The molecular weight excluding hydrogens is 213 g/mol. The number of rotatable bonds is 1. The lowest BCUT2D eigenvalue weighted by atomic mass is 9.91. The molecule has 0 aromatic rings. The van der Waals surface area contributed by atoms with Crippen molar-refractivity contribution in [3.63, 3.8) is 0 Å². The lowest BCUT2D eigenvalue weighted by molar-refractivity contribution is -0.0971. The maximum absolute atomic E-state index is 12.4. The van der Waals surface area contributed by atoms with E-state index in [0.29, 0.717) is 0 Å². The molecule has 14 heavy (non-hydrogen) atoms. The zero-order valence-electron chi connectivity index (χ0n) is 6.88. The minimum absolute atomic E-state index is 0.0112. The molecular formula is C8H5F3N2S. The summed E-state index contributed by atoms with van der Waals surface area (Å²) in [5, 5.41) is 8.51. The fourth-order valence-corrected chi connectivity index (χ4v) is 1.28. The van der Waals surface area contributed by atoms with Gasteiger partial charge in [0.2, 0.25) is 0 Å². The Labute approximate surface area is 83.9 Å². The van der Waals surface area contributed by atoms with Crippen molar-refractivity contribution in [1.82, 2.24) is 0 Å². The van der Waals surface area contributed by atoms with Crippen molar-refractivity contribution < 1.29 is 13.2 Å². The molecule has 0 aromatic heterocycles. The highest BCUT2D eigenvalue weighted by Crippen LogP contribution is 2.36. The van der Waals surface area contributed by atoms with Gasteiger partial charge in [-0.1, -0.05) is 6.08 Å². The van der Waals surface area contributed by atoms with Crippen LogP contribution in [0.25, 0.3) is 0 Å². The molecule has 0 aromatic carbocycles. The van der Waals surface area contributed by atoms with Crippen molar-refractivity contribution in [1.29, 1.82) is 5.26 Å². The molecule has 74 valence electrons. The Morgan fingerprint density at radius 1 is 1.57 bits per heavy atom. The summed E-state index contributed by atoms with van der Waals surface area (Å²) >= 11 is 4.28. The second-order valence-corrected chi connectivity index (χ2v) is 2.92. The van der Waals surface area contributed by atoms with E-state index in [0.717, 1.165) is 6.08 Å². The molecule has 0 bridgehead atoms. The third-order valence-corrected chi connectivity index (χ3v) is 2.04. The fourth-order valence-electron chi connectivity index (χ4n) is 1.15. The Morgan fingerprint density at radius 3 is 2.64 bits per heavy atom. The van der Waals surface area contributed by atoms with Gasteiger partial charge in [-0.3, -0.25) is 0 Å². The van der Waals surface area contributed by atoms with E-state index in [9.17, 15) is 13.2 Å². The lowest BCUT2D eigenvalue weighted by Crippen LogP contribution is -2.20. The zero-order valence-corrected chi connectivity index (χ0v) is 7.69. The van der Waals surface area contributed by atoms with E-state index < -0.39 is 17.7 Å². The van der Waals surface area contributed by atoms with E-state index in [-0.39, 0.29) is 12.1 Å². The highest BCUT2D eigenvalue weighted by atomic mass is 32.1. The molecule has 0 radical (unpaired) electrons. The maximum atomic E-state index is 12.4. The first-order valence-electron chi connectivity index (χ1n) is 3.71. The van der Waals surface area contributed by atoms with Crippen LogP contribution in [-0.2, 0) is 12.4 Å². The molecule has 0 saturated heterocycles. The minimum atomic E-state index is -4.49. The van der Waals surface area contributed by atoms with Crippen LogP contribution in [0.2, 0.25) is 0 Å². The fraction of sp³-hybridized carbons (Fsp3) is 0.375. The molecule has 0 amide bonds. The molecule has 2 nitrogen and oxygen atoms in total. The number of nitriles is 1. The normalized spacial score (nSPS) is 22.0. The van der Waals surface area contributed by atoms with E-state index in [1.54, 1.807) is 6.07 Å². The van der Waals surface area contributed by atoms with E-state index in [4.69, 9.17) is 5.26 Å². The molecule has 0 aliphatic heterocycles. The quantitative estimate of drug-likeness (QED) is 0.678. The molecule has 0 spiro atoms. The molecule has 0 saturated carbocycles. The van der Waals surface area contributed by atoms with Crippen molar-refractivity contribution in [3.05, 3.63) is 23.4 Å². The summed E-state index contributed by atoms with van der Waals surface area (Å²) in [4.78, 5) is 0. The molecule has 6 heteroatoms. The number of hydrogen-bond acceptors (Lipinski definition) is 3. The topological polar surface area (TPSA) is 36.1 Å². The highest BCUT2D eigenvalue weighted by Gasteiger charge is 2.39. The Kier molecular flexibility index (Phi) is 3.01. The third kappa shape index (κ3) is 2.17. The average Bonchev–Trinajstić information content (AvgIpc) is 2.15. The van der Waals surface area contributed by atoms with Gasteiger partial charge in [0, 0.05) is 12.4 Å². The van der Waals surface area contributed by atoms with Crippen LogP contribution in [0.15, 0.2) is 27.8 Å². The SMILES string of the molecule is N#CC1CC=C(N=S)C=C1C(F)(F)F. The van der Waals surface area contributed by atoms with E-state index in [1.807, 2.05) is 0 Å². The van der Waals surface area contributed by atoms with Gasteiger partial charge >= 0.3 is 6.18 Å². The largest absolute Gasteiger partial charge is 0.414 e. The summed E-state index contributed by atoms with van der Waals surface area (Å²) in [5.74, 6) is -1.14. The van der Waals surface area contributed by atoms with Gasteiger partial charge in [-0.15, -0.1) is 0 Å². The summed E-state index contributed by atoms with van der Waals surface area (Å²) in [6.45, 7) is 0. The first-order chi connectivity index (χ1) is 6.49. The van der Waals surface area contributed by atoms with Crippen LogP contribution in [0.5, 0.6) is 0 Å². The standard InChI is InChI=1S/C8H5F3N2S/c9-8(10,11)7-3-6(13-14)2-1-5(7)4-12/h2-3,5H,1H2. The van der Waals surface area contributed by atoms with Crippen LogP contribution in [0.4, 0.5) is 13.2 Å². The smallest absolute Gasteiger partial charge is 0.198 e. The van der Waals surface area contributed by atoms with Crippen molar-refractivity contribution in [2.24, 2.45) is 10.3 Å². The van der Waals surface area contributed by atoms with Crippen molar-refractivity contribution in [2.75, 3.05) is 0 Å². The van der Waals surface area contributed by atoms with Gasteiger partial charge in [-0.25, -0.2) is 0 Å². The van der Waals surface area contributed by atoms with Gasteiger partial charge in [0.15, 0.2) is 0 Å². The number of allylic oxidation sites excluding steroid dienone is 3. The molecule has 0 heterocycles. The van der Waals surface area contributed by atoms with Crippen LogP contribution in [-0.4, -0.2) is 6.18 Å². The number of alkyl halides is 3. The van der Waals surface area contributed by atoms with Crippen molar-refractivity contribution in [3.8, 4) is 6.07 Å². The van der Waals surface area contributed by atoms with Gasteiger partial charge < -0.3 is 0 Å². The van der Waals surface area contributed by atoms with Crippen molar-refractivity contribution in [2.45, 2.75) is 12.6 Å². The summed E-state index contributed by atoms with van der Waals surface area (Å²) in [6.07, 6.45) is -2.22. The molecule has 0 fully saturated rings. The van der Waals surface area contributed by atoms with E-state index in [2.05, 4.69) is 16.8 Å². The number of hydrogen-bond donors (Lipinski definition) is 0. The van der Waals surface area contributed by atoms with Gasteiger partial charge in [0.25, 0.3) is 0 Å². The number of nitrogens with zero attached hydrogens (tertiary/aromatic N) is 2. The van der Waals surface area contributed by atoms with Crippen LogP contribution in [0.3, 0.4) is 0 Å². The summed E-state index contributed by atoms with van der Waals surface area (Å²) in [5.41, 5.74) is -0.773. The molecule has 1 rings (SSSR count). The predicted molar refractivity (Wildman–Crippen MR) is 45.7 cm³/mol. The first kappa shape index (κ1) is 10.9. The van der Waals surface area contributed by atoms with Gasteiger partial charge in [0.1, 0.15) is 0 Å². The highest BCUT2D eigenvalue weighted by molar-refractivity contribution is 7.47. The van der Waals surface area contributed by atoms with Gasteiger partial charge in [-0.2, -0.15) is 22.8 Å². The Balaban J connectivity index is 3.08. The second-order valence-electron chi connectivity index (χ2n) is 2.74.